The molecule has 1 aromatic heterocycles. The molecular formula is C25H35N3O2. The van der Waals surface area contributed by atoms with Gasteiger partial charge in [-0.15, -0.1) is 0 Å². The number of anilines is 1. The molecule has 5 heteroatoms. The van der Waals surface area contributed by atoms with Crippen LogP contribution in [0.2, 0.25) is 0 Å². The van der Waals surface area contributed by atoms with Crippen LogP contribution in [-0.2, 0) is 11.3 Å². The van der Waals surface area contributed by atoms with E-state index in [2.05, 4.69) is 60.7 Å². The molecule has 2 bridgehead atoms. The van der Waals surface area contributed by atoms with Crippen molar-refractivity contribution < 1.29 is 4.74 Å². The van der Waals surface area contributed by atoms with Crippen LogP contribution in [0.1, 0.15) is 51.3 Å². The van der Waals surface area contributed by atoms with E-state index in [4.69, 9.17) is 4.74 Å². The molecule has 2 atom stereocenters. The third kappa shape index (κ3) is 3.56. The van der Waals surface area contributed by atoms with E-state index in [1.807, 2.05) is 0 Å². The molecule has 1 saturated carbocycles. The summed E-state index contributed by atoms with van der Waals surface area (Å²) in [5.74, 6) is 0. The SMILES string of the molecule is Cc1[nH]c2ccc(N3CCOCC3)cc2c(=O)c1CN1C[C@]2(C)C[C@@H]1CC(C)(C)C2. The van der Waals surface area contributed by atoms with E-state index in [-0.39, 0.29) is 5.43 Å². The molecule has 1 aliphatic carbocycles. The van der Waals surface area contributed by atoms with Gasteiger partial charge in [0, 0.05) is 60.1 Å². The average Bonchev–Trinajstić information content (AvgIpc) is 2.93. The van der Waals surface area contributed by atoms with Gasteiger partial charge in [-0.2, -0.15) is 0 Å². The molecule has 162 valence electrons. The Hall–Kier alpha value is -1.85. The predicted octanol–water partition coefficient (Wildman–Crippen LogP) is 4.07. The highest BCUT2D eigenvalue weighted by molar-refractivity contribution is 5.83. The van der Waals surface area contributed by atoms with Crippen LogP contribution in [0, 0.1) is 17.8 Å². The van der Waals surface area contributed by atoms with Crippen molar-refractivity contribution in [1.82, 2.24) is 9.88 Å². The lowest BCUT2D eigenvalue weighted by Gasteiger charge is -2.40. The van der Waals surface area contributed by atoms with Crippen molar-refractivity contribution in [3.63, 3.8) is 0 Å². The number of fused-ring (bicyclic) bond motifs is 3. The molecule has 3 aliphatic rings. The molecule has 30 heavy (non-hydrogen) atoms. The Bertz CT molecular complexity index is 1020. The van der Waals surface area contributed by atoms with Crippen LogP contribution in [0.3, 0.4) is 0 Å². The Labute approximate surface area is 179 Å². The van der Waals surface area contributed by atoms with Gasteiger partial charge in [0.1, 0.15) is 0 Å². The Kier molecular flexibility index (Phi) is 4.75. The molecule has 2 saturated heterocycles. The van der Waals surface area contributed by atoms with Crippen molar-refractivity contribution in [3.05, 3.63) is 39.7 Å². The zero-order valence-electron chi connectivity index (χ0n) is 18.9. The first kappa shape index (κ1) is 20.1. The summed E-state index contributed by atoms with van der Waals surface area (Å²) in [6.45, 7) is 14.4. The fourth-order valence-electron chi connectivity index (χ4n) is 6.61. The van der Waals surface area contributed by atoms with Gasteiger partial charge < -0.3 is 14.6 Å². The van der Waals surface area contributed by atoms with Crippen LogP contribution in [-0.4, -0.2) is 48.8 Å². The largest absolute Gasteiger partial charge is 0.378 e. The summed E-state index contributed by atoms with van der Waals surface area (Å²) in [5.41, 5.74) is 4.98. The summed E-state index contributed by atoms with van der Waals surface area (Å²) in [6, 6.07) is 6.85. The summed E-state index contributed by atoms with van der Waals surface area (Å²) in [7, 11) is 0. The molecule has 0 amide bonds. The first-order valence-corrected chi connectivity index (χ1v) is 11.5. The molecule has 0 unspecified atom stereocenters. The second kappa shape index (κ2) is 7.10. The maximum absolute atomic E-state index is 13.6. The zero-order chi connectivity index (χ0) is 21.1. The molecule has 1 N–H and O–H groups in total. The van der Waals surface area contributed by atoms with E-state index >= 15 is 0 Å². The van der Waals surface area contributed by atoms with Crippen molar-refractivity contribution in [1.29, 1.82) is 0 Å². The Balaban J connectivity index is 1.48. The molecule has 5 rings (SSSR count). The second-order valence-corrected chi connectivity index (χ2v) is 11.0. The fourth-order valence-corrected chi connectivity index (χ4v) is 6.61. The normalized spacial score (nSPS) is 28.9. The maximum Gasteiger partial charge on any atom is 0.194 e. The van der Waals surface area contributed by atoms with Gasteiger partial charge in [-0.25, -0.2) is 0 Å². The molecule has 3 heterocycles. The van der Waals surface area contributed by atoms with E-state index < -0.39 is 0 Å². The quantitative estimate of drug-likeness (QED) is 0.830. The Morgan fingerprint density at radius 2 is 1.93 bits per heavy atom. The van der Waals surface area contributed by atoms with E-state index in [0.717, 1.165) is 67.2 Å². The summed E-state index contributed by atoms with van der Waals surface area (Å²) in [4.78, 5) is 22.0. The number of hydrogen-bond acceptors (Lipinski definition) is 4. The first-order chi connectivity index (χ1) is 14.2. The molecule has 3 fully saturated rings. The van der Waals surface area contributed by atoms with Crippen LogP contribution in [0.25, 0.3) is 10.9 Å². The highest BCUT2D eigenvalue weighted by Crippen LogP contribution is 2.52. The van der Waals surface area contributed by atoms with E-state index in [1.165, 1.54) is 19.3 Å². The smallest absolute Gasteiger partial charge is 0.194 e. The number of aryl methyl sites for hydroxylation is 1. The summed E-state index contributed by atoms with van der Waals surface area (Å²) in [5, 5.41) is 0.813. The van der Waals surface area contributed by atoms with E-state index in [9.17, 15) is 4.79 Å². The zero-order valence-corrected chi connectivity index (χ0v) is 18.9. The molecule has 1 aromatic carbocycles. The number of benzene rings is 1. The van der Waals surface area contributed by atoms with Crippen molar-refractivity contribution >= 4 is 16.6 Å². The lowest BCUT2D eigenvalue weighted by atomic mass is 9.65. The predicted molar refractivity (Wildman–Crippen MR) is 122 cm³/mol. The van der Waals surface area contributed by atoms with Gasteiger partial charge in [0.05, 0.1) is 13.2 Å². The number of ether oxygens (including phenoxy) is 1. The minimum atomic E-state index is 0.196. The van der Waals surface area contributed by atoms with Crippen molar-refractivity contribution in [2.24, 2.45) is 10.8 Å². The standard InChI is InChI=1S/C25H35N3O2/c1-17-21(14-28-16-25(4)13-19(28)12-24(2,3)15-25)23(29)20-11-18(5-6-22(20)26-17)27-7-9-30-10-8-27/h5-6,11,19H,7-10,12-16H2,1-4H3,(H,26,29)/t19-,25+/m0/s1. The lowest BCUT2D eigenvalue weighted by molar-refractivity contribution is 0.122. The van der Waals surface area contributed by atoms with Crippen LogP contribution < -0.4 is 10.3 Å². The highest BCUT2D eigenvalue weighted by atomic mass is 16.5. The molecule has 2 aromatic rings. The van der Waals surface area contributed by atoms with Crippen LogP contribution in [0.15, 0.2) is 23.0 Å². The number of H-pyrrole nitrogens is 1. The van der Waals surface area contributed by atoms with Crippen molar-refractivity contribution in [2.45, 2.75) is 59.5 Å². The second-order valence-electron chi connectivity index (χ2n) is 11.0. The number of aromatic nitrogens is 1. The molecule has 2 aliphatic heterocycles. The van der Waals surface area contributed by atoms with Crippen LogP contribution >= 0.6 is 0 Å². The molecular weight excluding hydrogens is 374 g/mol. The number of morpholine rings is 1. The van der Waals surface area contributed by atoms with Gasteiger partial charge in [-0.1, -0.05) is 20.8 Å². The van der Waals surface area contributed by atoms with E-state index in [0.29, 0.717) is 16.9 Å². The van der Waals surface area contributed by atoms with Gasteiger partial charge in [-0.05, 0) is 55.2 Å². The van der Waals surface area contributed by atoms with Gasteiger partial charge in [0.2, 0.25) is 0 Å². The number of pyridine rings is 1. The third-order valence-electron chi connectivity index (χ3n) is 7.56. The number of rotatable bonds is 3. The van der Waals surface area contributed by atoms with Gasteiger partial charge in [0.25, 0.3) is 0 Å². The summed E-state index contributed by atoms with van der Waals surface area (Å²) < 4.78 is 5.48. The third-order valence-corrected chi connectivity index (χ3v) is 7.56. The van der Waals surface area contributed by atoms with Crippen LogP contribution in [0.4, 0.5) is 5.69 Å². The number of nitrogens with one attached hydrogen (secondary N) is 1. The van der Waals surface area contributed by atoms with Crippen molar-refractivity contribution in [3.8, 4) is 0 Å². The lowest BCUT2D eigenvalue weighted by Crippen LogP contribution is -2.36. The topological polar surface area (TPSA) is 48.6 Å². The highest BCUT2D eigenvalue weighted by Gasteiger charge is 2.49. The van der Waals surface area contributed by atoms with Gasteiger partial charge in [-0.3, -0.25) is 9.69 Å². The van der Waals surface area contributed by atoms with E-state index in [1.54, 1.807) is 0 Å². The average molecular weight is 410 g/mol. The maximum atomic E-state index is 13.6. The first-order valence-electron chi connectivity index (χ1n) is 11.5. The van der Waals surface area contributed by atoms with Crippen LogP contribution in [0.5, 0.6) is 0 Å². The number of hydrogen-bond donors (Lipinski definition) is 1. The Morgan fingerprint density at radius 1 is 1.17 bits per heavy atom. The van der Waals surface area contributed by atoms with Gasteiger partial charge in [0.15, 0.2) is 5.43 Å². The molecule has 5 nitrogen and oxygen atoms in total. The van der Waals surface area contributed by atoms with Crippen molar-refractivity contribution in [2.75, 3.05) is 37.7 Å². The monoisotopic (exact) mass is 409 g/mol. The number of likely N-dealkylation sites (tertiary alicyclic amines) is 1. The minimum absolute atomic E-state index is 0.196. The summed E-state index contributed by atoms with van der Waals surface area (Å²) >= 11 is 0. The Morgan fingerprint density at radius 3 is 2.70 bits per heavy atom. The minimum Gasteiger partial charge on any atom is -0.378 e. The molecule has 0 spiro atoms. The number of nitrogens with zero attached hydrogens (tertiary/aromatic N) is 2. The number of aromatic amines is 1. The van der Waals surface area contributed by atoms with Gasteiger partial charge >= 0.3 is 0 Å². The fraction of sp³-hybridized carbons (Fsp3) is 0.640. The summed E-state index contributed by atoms with van der Waals surface area (Å²) in [6.07, 6.45) is 3.78. The molecule has 0 radical (unpaired) electrons.